The second-order valence-electron chi connectivity index (χ2n) is 5.10. The maximum Gasteiger partial charge on any atom is 0.333 e. The van der Waals surface area contributed by atoms with E-state index >= 15 is 0 Å². The lowest BCUT2D eigenvalue weighted by Gasteiger charge is -2.39. The van der Waals surface area contributed by atoms with Gasteiger partial charge in [-0.25, -0.2) is 4.79 Å². The van der Waals surface area contributed by atoms with E-state index in [1.165, 1.54) is 6.92 Å². The minimum atomic E-state index is -1.48. The van der Waals surface area contributed by atoms with Gasteiger partial charge in [-0.1, -0.05) is 6.58 Å². The van der Waals surface area contributed by atoms with Crippen LogP contribution in [0.2, 0.25) is 0 Å². The van der Waals surface area contributed by atoms with E-state index in [1.54, 1.807) is 0 Å². The summed E-state index contributed by atoms with van der Waals surface area (Å²) in [6, 6.07) is 0. The maximum absolute atomic E-state index is 11.1. The zero-order valence-corrected chi connectivity index (χ0v) is 13.0. The Kier molecular flexibility index (Phi) is 8.63. The fourth-order valence-electron chi connectivity index (χ4n) is 1.85. The Bertz CT molecular complexity index is 384. The number of hydrogen-bond donors (Lipinski definition) is 4. The summed E-state index contributed by atoms with van der Waals surface area (Å²) in [7, 11) is 0. The topological polar surface area (TPSA) is 135 Å². The van der Waals surface area contributed by atoms with Gasteiger partial charge in [0.15, 0.2) is 6.29 Å². The summed E-state index contributed by atoms with van der Waals surface area (Å²) in [4.78, 5) is 11.1. The van der Waals surface area contributed by atoms with Gasteiger partial charge in [0.2, 0.25) is 0 Å². The minimum absolute atomic E-state index is 0.0388. The lowest BCUT2D eigenvalue weighted by Crippen LogP contribution is -2.59. The highest BCUT2D eigenvalue weighted by Gasteiger charge is 2.43. The summed E-state index contributed by atoms with van der Waals surface area (Å²) in [5.41, 5.74) is 0.302. The lowest BCUT2D eigenvalue weighted by atomic mass is 9.99. The standard InChI is InChI=1S/C14H24O9/c1-8(2)13(19)21-5-3-20-4-6-22-14-12(18)11(17)10(16)9(7-15)23-14/h9-12,14-18H,1,3-7H2,2H3/t9-,10-,11+,12-,14?/m1/s1. The van der Waals surface area contributed by atoms with E-state index in [1.807, 2.05) is 0 Å². The van der Waals surface area contributed by atoms with Crippen LogP contribution in [0.25, 0.3) is 0 Å². The third kappa shape index (κ3) is 6.15. The van der Waals surface area contributed by atoms with Crippen LogP contribution < -0.4 is 0 Å². The van der Waals surface area contributed by atoms with Crippen molar-refractivity contribution in [3.63, 3.8) is 0 Å². The van der Waals surface area contributed by atoms with Gasteiger partial charge in [0, 0.05) is 5.57 Å². The molecule has 9 heteroatoms. The number of aliphatic hydroxyl groups is 4. The first-order valence-corrected chi connectivity index (χ1v) is 7.21. The SMILES string of the molecule is C=C(C)C(=O)OCCOCCOC1O[C@H](CO)[C@@H](O)[C@H](O)[C@H]1O. The average Bonchev–Trinajstić information content (AvgIpc) is 2.53. The van der Waals surface area contributed by atoms with E-state index < -0.39 is 43.3 Å². The fraction of sp³-hybridized carbons (Fsp3) is 0.786. The molecule has 5 atom stereocenters. The zero-order valence-electron chi connectivity index (χ0n) is 13.0. The Morgan fingerprint density at radius 2 is 1.74 bits per heavy atom. The molecule has 134 valence electrons. The summed E-state index contributed by atoms with van der Waals surface area (Å²) < 4.78 is 20.3. The highest BCUT2D eigenvalue weighted by atomic mass is 16.7. The smallest absolute Gasteiger partial charge is 0.333 e. The van der Waals surface area contributed by atoms with Crippen LogP contribution in [0.1, 0.15) is 6.92 Å². The van der Waals surface area contributed by atoms with E-state index in [9.17, 15) is 20.1 Å². The van der Waals surface area contributed by atoms with E-state index in [0.717, 1.165) is 0 Å². The summed E-state index contributed by atoms with van der Waals surface area (Å²) in [6.07, 6.45) is -6.54. The van der Waals surface area contributed by atoms with Gasteiger partial charge in [-0.2, -0.15) is 0 Å². The number of carbonyl (C=O) groups excluding carboxylic acids is 1. The molecule has 0 amide bonds. The molecule has 0 aromatic rings. The third-order valence-electron chi connectivity index (χ3n) is 3.17. The Hall–Kier alpha value is -1.07. The molecule has 4 N–H and O–H groups in total. The molecule has 0 spiro atoms. The predicted octanol–water partition coefficient (Wildman–Crippen LogP) is -2.06. The molecule has 1 unspecified atom stereocenters. The number of esters is 1. The third-order valence-corrected chi connectivity index (χ3v) is 3.17. The van der Waals surface area contributed by atoms with Crippen molar-refractivity contribution >= 4 is 5.97 Å². The molecule has 0 radical (unpaired) electrons. The van der Waals surface area contributed by atoms with Crippen molar-refractivity contribution in [1.82, 2.24) is 0 Å². The van der Waals surface area contributed by atoms with Gasteiger partial charge in [0.1, 0.15) is 31.0 Å². The van der Waals surface area contributed by atoms with Crippen molar-refractivity contribution in [1.29, 1.82) is 0 Å². The molecule has 1 aliphatic heterocycles. The molecule has 1 fully saturated rings. The van der Waals surface area contributed by atoms with E-state index in [0.29, 0.717) is 5.57 Å². The monoisotopic (exact) mass is 336 g/mol. The van der Waals surface area contributed by atoms with Crippen molar-refractivity contribution in [2.45, 2.75) is 37.6 Å². The zero-order chi connectivity index (χ0) is 17.4. The number of aliphatic hydroxyl groups excluding tert-OH is 4. The predicted molar refractivity (Wildman–Crippen MR) is 76.3 cm³/mol. The first kappa shape index (κ1) is 20.0. The average molecular weight is 336 g/mol. The summed E-state index contributed by atoms with van der Waals surface area (Å²) in [5, 5.41) is 37.9. The normalized spacial score (nSPS) is 30.9. The van der Waals surface area contributed by atoms with Gasteiger partial charge in [0.05, 0.1) is 26.4 Å². The van der Waals surface area contributed by atoms with Crippen molar-refractivity contribution in [2.75, 3.05) is 33.0 Å². The van der Waals surface area contributed by atoms with Gasteiger partial charge in [-0.15, -0.1) is 0 Å². The first-order valence-electron chi connectivity index (χ1n) is 7.21. The van der Waals surface area contributed by atoms with Crippen LogP contribution in [0.3, 0.4) is 0 Å². The largest absolute Gasteiger partial charge is 0.460 e. The summed E-state index contributed by atoms with van der Waals surface area (Å²) in [5.74, 6) is -0.494. The van der Waals surface area contributed by atoms with Gasteiger partial charge >= 0.3 is 5.97 Å². The highest BCUT2D eigenvalue weighted by molar-refractivity contribution is 5.86. The van der Waals surface area contributed by atoms with E-state index in [4.69, 9.17) is 24.1 Å². The maximum atomic E-state index is 11.1. The second-order valence-corrected chi connectivity index (χ2v) is 5.10. The molecule has 9 nitrogen and oxygen atoms in total. The molecular weight excluding hydrogens is 312 g/mol. The summed E-state index contributed by atoms with van der Waals surface area (Å²) in [6.45, 7) is 4.87. The molecule has 1 aliphatic rings. The van der Waals surface area contributed by atoms with Crippen molar-refractivity contribution in [3.8, 4) is 0 Å². The molecule has 0 aliphatic carbocycles. The van der Waals surface area contributed by atoms with Gasteiger partial charge in [-0.05, 0) is 6.92 Å². The van der Waals surface area contributed by atoms with Gasteiger partial charge in [0.25, 0.3) is 0 Å². The summed E-state index contributed by atoms with van der Waals surface area (Å²) >= 11 is 0. The number of ether oxygens (including phenoxy) is 4. The quantitative estimate of drug-likeness (QED) is 0.213. The van der Waals surface area contributed by atoms with Crippen LogP contribution in [0, 0.1) is 0 Å². The molecule has 1 rings (SSSR count). The molecule has 23 heavy (non-hydrogen) atoms. The molecule has 1 heterocycles. The minimum Gasteiger partial charge on any atom is -0.460 e. The Morgan fingerprint density at radius 3 is 2.35 bits per heavy atom. The highest BCUT2D eigenvalue weighted by Crippen LogP contribution is 2.21. The Labute approximate surface area is 134 Å². The number of rotatable bonds is 9. The van der Waals surface area contributed by atoms with Crippen LogP contribution in [0.5, 0.6) is 0 Å². The molecule has 0 aromatic carbocycles. The van der Waals surface area contributed by atoms with E-state index in [-0.39, 0.29) is 26.4 Å². The fourth-order valence-corrected chi connectivity index (χ4v) is 1.85. The van der Waals surface area contributed by atoms with Crippen LogP contribution >= 0.6 is 0 Å². The Morgan fingerprint density at radius 1 is 1.09 bits per heavy atom. The second kappa shape index (κ2) is 9.93. The lowest BCUT2D eigenvalue weighted by molar-refractivity contribution is -0.302. The molecular formula is C14H24O9. The molecule has 1 saturated heterocycles. The number of carbonyl (C=O) groups is 1. The molecule has 0 aromatic heterocycles. The first-order chi connectivity index (χ1) is 10.9. The Balaban J connectivity index is 2.17. The molecule has 0 saturated carbocycles. The van der Waals surface area contributed by atoms with Crippen LogP contribution in [0.15, 0.2) is 12.2 Å². The molecule has 0 bridgehead atoms. The number of hydrogen-bond acceptors (Lipinski definition) is 9. The van der Waals surface area contributed by atoms with Gasteiger partial charge in [-0.3, -0.25) is 0 Å². The van der Waals surface area contributed by atoms with Crippen molar-refractivity contribution in [3.05, 3.63) is 12.2 Å². The van der Waals surface area contributed by atoms with Crippen LogP contribution in [0.4, 0.5) is 0 Å². The van der Waals surface area contributed by atoms with Crippen LogP contribution in [-0.2, 0) is 23.7 Å². The van der Waals surface area contributed by atoms with Crippen molar-refractivity contribution in [2.24, 2.45) is 0 Å². The van der Waals surface area contributed by atoms with Gasteiger partial charge < -0.3 is 39.4 Å². The van der Waals surface area contributed by atoms with E-state index in [2.05, 4.69) is 6.58 Å². The van der Waals surface area contributed by atoms with Crippen molar-refractivity contribution < 1.29 is 44.2 Å². The van der Waals surface area contributed by atoms with Crippen LogP contribution in [-0.4, -0.2) is 90.1 Å².